The first-order valence-electron chi connectivity index (χ1n) is 9.47. The van der Waals surface area contributed by atoms with Gasteiger partial charge in [0.1, 0.15) is 18.5 Å². The Kier molecular flexibility index (Phi) is 6.10. The van der Waals surface area contributed by atoms with E-state index in [1.165, 1.54) is 6.33 Å². The zero-order valence-electron chi connectivity index (χ0n) is 17.6. The fourth-order valence-corrected chi connectivity index (χ4v) is 4.78. The highest BCUT2D eigenvalue weighted by atomic mass is 31.1. The van der Waals surface area contributed by atoms with E-state index in [1.807, 2.05) is 6.92 Å². The van der Waals surface area contributed by atoms with E-state index in [4.69, 9.17) is 24.3 Å². The average molecular weight is 443 g/mol. The number of imidazole rings is 1. The second-order valence-electron chi connectivity index (χ2n) is 8.88. The van der Waals surface area contributed by atoms with E-state index in [2.05, 4.69) is 48.8 Å². The number of nitrogens with two attached hydrogens (primary N) is 1. The number of hydrogen-bond donors (Lipinski definition) is 2. The molecule has 2 unspecified atom stereocenters. The van der Waals surface area contributed by atoms with E-state index < -0.39 is 28.9 Å². The summed E-state index contributed by atoms with van der Waals surface area (Å²) in [6.07, 6.45) is 1.75. The molecule has 12 heteroatoms. The number of aromatic nitrogens is 4. The quantitative estimate of drug-likeness (QED) is 0.511. The van der Waals surface area contributed by atoms with Gasteiger partial charge in [0.05, 0.1) is 18.5 Å². The highest BCUT2D eigenvalue weighted by molar-refractivity contribution is 7.32. The zero-order chi connectivity index (χ0) is 21.6. The Balaban J connectivity index is 1.98. The summed E-state index contributed by atoms with van der Waals surface area (Å²) in [5.41, 5.74) is 6.97. The minimum atomic E-state index is -2.71. The normalized spacial score (nSPS) is 26.2. The van der Waals surface area contributed by atoms with Crippen molar-refractivity contribution in [2.45, 2.75) is 64.3 Å². The van der Waals surface area contributed by atoms with Crippen LogP contribution >= 0.6 is 8.25 Å². The molecule has 3 heterocycles. The Morgan fingerprint density at radius 1 is 1.34 bits per heavy atom. The lowest BCUT2D eigenvalue weighted by atomic mass is 10.0. The first kappa shape index (κ1) is 22.2. The molecule has 0 radical (unpaired) electrons. The van der Waals surface area contributed by atoms with Crippen molar-refractivity contribution in [2.24, 2.45) is 5.92 Å². The molecule has 0 amide bonds. The van der Waals surface area contributed by atoms with Crippen LogP contribution in [0, 0.1) is 5.92 Å². The van der Waals surface area contributed by atoms with Crippen molar-refractivity contribution in [1.29, 1.82) is 0 Å². The van der Waals surface area contributed by atoms with Crippen LogP contribution in [0.25, 0.3) is 11.2 Å². The number of fused-ring (bicyclic) bond motifs is 1. The molecule has 0 aromatic carbocycles. The van der Waals surface area contributed by atoms with Gasteiger partial charge in [-0.15, -0.1) is 9.42 Å². The summed E-state index contributed by atoms with van der Waals surface area (Å²) in [6.45, 7) is 12.9. The molecule has 2 aromatic heterocycles. The molecule has 5 atom stereocenters. The van der Waals surface area contributed by atoms with Gasteiger partial charge in [-0.05, 0) is 18.1 Å². The molecule has 1 saturated heterocycles. The molecule has 3 N–H and O–H groups in total. The highest BCUT2D eigenvalue weighted by Crippen LogP contribution is 2.44. The summed E-state index contributed by atoms with van der Waals surface area (Å²) in [7, 11) is -4.84. The summed E-state index contributed by atoms with van der Waals surface area (Å²) in [5, 5.41) is 0.00387. The van der Waals surface area contributed by atoms with Crippen LogP contribution in [0.1, 0.15) is 33.9 Å². The van der Waals surface area contributed by atoms with Crippen molar-refractivity contribution < 1.29 is 23.1 Å². The van der Waals surface area contributed by atoms with Crippen molar-refractivity contribution in [3.05, 3.63) is 12.7 Å². The predicted molar refractivity (Wildman–Crippen MR) is 111 cm³/mol. The lowest BCUT2D eigenvalue weighted by molar-refractivity contribution is -0.0437. The molecule has 0 bridgehead atoms. The van der Waals surface area contributed by atoms with Gasteiger partial charge in [-0.25, -0.2) is 15.0 Å². The van der Waals surface area contributed by atoms with Crippen molar-refractivity contribution in [3.63, 3.8) is 0 Å². The molecule has 0 spiro atoms. The topological polar surface area (TPSA) is 135 Å². The number of rotatable bonds is 6. The standard InChI is InChI=1S/C17H28N5O5PSi/c1-10-11(7-25-28(23)24)26-16(13(10)27-29(5,6)17(2,3)4)22-9-21-12-14(18)19-8-20-15(12)22/h8-11,13,16H,7H2,1-6H3,(H2-,18,19,20,23,24)/p+1/t10?,11-,13-,16-/m1/s1. The highest BCUT2D eigenvalue weighted by Gasteiger charge is 2.50. The molecular formula is C17H29N5O5PSi+. The zero-order valence-corrected chi connectivity index (χ0v) is 19.5. The Morgan fingerprint density at radius 2 is 2.03 bits per heavy atom. The van der Waals surface area contributed by atoms with Gasteiger partial charge < -0.3 is 14.9 Å². The average Bonchev–Trinajstić information content (AvgIpc) is 3.15. The third-order valence-corrected chi connectivity index (χ3v) is 10.8. The number of anilines is 1. The van der Waals surface area contributed by atoms with Gasteiger partial charge in [-0.3, -0.25) is 4.57 Å². The minimum absolute atomic E-state index is 0.00387. The lowest BCUT2D eigenvalue weighted by Gasteiger charge is -2.40. The summed E-state index contributed by atoms with van der Waals surface area (Å²) in [5.74, 6) is 0.208. The molecule has 1 aliphatic rings. The summed E-state index contributed by atoms with van der Waals surface area (Å²) in [4.78, 5) is 21.7. The monoisotopic (exact) mass is 442 g/mol. The number of ether oxygens (including phenoxy) is 1. The maximum atomic E-state index is 11.0. The van der Waals surface area contributed by atoms with Gasteiger partial charge in [0.25, 0.3) is 0 Å². The largest absolute Gasteiger partial charge is 0.694 e. The minimum Gasteiger partial charge on any atom is -0.409 e. The second kappa shape index (κ2) is 7.97. The molecule has 160 valence electrons. The Hall–Kier alpha value is -1.49. The van der Waals surface area contributed by atoms with Crippen molar-refractivity contribution in [3.8, 4) is 0 Å². The van der Waals surface area contributed by atoms with Gasteiger partial charge >= 0.3 is 8.25 Å². The SMILES string of the molecule is CC1[C@@H](O[Si](C)(C)C(C)(C)C)[C@H](n2cnc3c(N)ncnc32)O[C@@H]1CO[P+](=O)O. The summed E-state index contributed by atoms with van der Waals surface area (Å²) >= 11 is 0. The first-order chi connectivity index (χ1) is 13.4. The predicted octanol–water partition coefficient (Wildman–Crippen LogP) is 3.00. The fraction of sp³-hybridized carbons (Fsp3) is 0.706. The van der Waals surface area contributed by atoms with Gasteiger partial charge in [0.15, 0.2) is 26.0 Å². The van der Waals surface area contributed by atoms with Crippen LogP contribution < -0.4 is 5.73 Å². The van der Waals surface area contributed by atoms with E-state index in [-0.39, 0.29) is 23.7 Å². The van der Waals surface area contributed by atoms with Crippen LogP contribution in [0.3, 0.4) is 0 Å². The van der Waals surface area contributed by atoms with Gasteiger partial charge in [-0.2, -0.15) is 0 Å². The maximum Gasteiger partial charge on any atom is 0.694 e. The third-order valence-electron chi connectivity index (χ3n) is 5.95. The molecule has 2 aromatic rings. The first-order valence-corrected chi connectivity index (χ1v) is 13.5. The Labute approximate surface area is 171 Å². The molecule has 0 aliphatic carbocycles. The number of hydrogen-bond acceptors (Lipinski definition) is 8. The van der Waals surface area contributed by atoms with E-state index in [0.717, 1.165) is 0 Å². The van der Waals surface area contributed by atoms with Gasteiger partial charge in [0, 0.05) is 10.5 Å². The van der Waals surface area contributed by atoms with Gasteiger partial charge in [0.2, 0.25) is 0 Å². The van der Waals surface area contributed by atoms with Crippen LogP contribution in [0.15, 0.2) is 12.7 Å². The number of nitrogen functional groups attached to an aromatic ring is 1. The van der Waals surface area contributed by atoms with Crippen LogP contribution in [0.5, 0.6) is 0 Å². The summed E-state index contributed by atoms with van der Waals surface area (Å²) in [6, 6.07) is 0. The van der Waals surface area contributed by atoms with Crippen molar-refractivity contribution in [1.82, 2.24) is 19.5 Å². The van der Waals surface area contributed by atoms with E-state index in [0.29, 0.717) is 17.0 Å². The van der Waals surface area contributed by atoms with Crippen LogP contribution in [0.4, 0.5) is 5.82 Å². The van der Waals surface area contributed by atoms with E-state index in [1.54, 1.807) is 10.9 Å². The third kappa shape index (κ3) is 4.35. The van der Waals surface area contributed by atoms with Gasteiger partial charge in [-0.1, -0.05) is 27.7 Å². The fourth-order valence-electron chi connectivity index (χ4n) is 3.14. The summed E-state index contributed by atoms with van der Waals surface area (Å²) < 4.78 is 30.7. The van der Waals surface area contributed by atoms with Crippen LogP contribution in [-0.4, -0.2) is 51.5 Å². The lowest BCUT2D eigenvalue weighted by Crippen LogP contribution is -2.46. The molecule has 1 fully saturated rings. The van der Waals surface area contributed by atoms with Crippen molar-refractivity contribution >= 4 is 33.6 Å². The molecule has 0 saturated carbocycles. The molecule has 1 aliphatic heterocycles. The van der Waals surface area contributed by atoms with E-state index >= 15 is 0 Å². The molecule has 29 heavy (non-hydrogen) atoms. The van der Waals surface area contributed by atoms with Crippen molar-refractivity contribution in [2.75, 3.05) is 12.3 Å². The Morgan fingerprint density at radius 3 is 2.66 bits per heavy atom. The maximum absolute atomic E-state index is 11.0. The molecule has 10 nitrogen and oxygen atoms in total. The molecule has 3 rings (SSSR count). The molecular weight excluding hydrogens is 413 g/mol. The second-order valence-corrected chi connectivity index (χ2v) is 14.4. The van der Waals surface area contributed by atoms with Crippen LogP contribution in [-0.2, 0) is 18.3 Å². The number of nitrogens with zero attached hydrogens (tertiary/aromatic N) is 4. The smallest absolute Gasteiger partial charge is 0.409 e. The Bertz CT molecular complexity index is 902. The van der Waals surface area contributed by atoms with E-state index in [9.17, 15) is 4.57 Å². The van der Waals surface area contributed by atoms with Crippen LogP contribution in [0.2, 0.25) is 18.1 Å².